The van der Waals surface area contributed by atoms with Crippen molar-refractivity contribution in [2.24, 2.45) is 5.92 Å². The number of nitrogens with one attached hydrogen (secondary N) is 2. The summed E-state index contributed by atoms with van der Waals surface area (Å²) in [5.74, 6) is 1.21. The van der Waals surface area contributed by atoms with Gasteiger partial charge in [-0.15, -0.1) is 0 Å². The van der Waals surface area contributed by atoms with E-state index in [0.717, 1.165) is 36.3 Å². The Morgan fingerprint density at radius 3 is 2.58 bits per heavy atom. The highest BCUT2D eigenvalue weighted by Gasteiger charge is 2.28. The van der Waals surface area contributed by atoms with Crippen LogP contribution in [0.15, 0.2) is 83.4 Å². The zero-order valence-corrected chi connectivity index (χ0v) is 22.7. The smallest absolute Gasteiger partial charge is 0.253 e. The molecular weight excluding hydrogens is 506 g/mol. The number of para-hydroxylation sites is 1. The monoisotopic (exact) mass is 539 g/mol. The molecule has 0 aliphatic carbocycles. The maximum absolute atomic E-state index is 13.3. The fourth-order valence-corrected chi connectivity index (χ4v) is 4.91. The Labute approximate surface area is 233 Å². The van der Waals surface area contributed by atoms with Gasteiger partial charge < -0.3 is 19.9 Å². The zero-order chi connectivity index (χ0) is 27.9. The zero-order valence-electron chi connectivity index (χ0n) is 22.7. The minimum absolute atomic E-state index is 0.106. The van der Waals surface area contributed by atoms with Gasteiger partial charge in [0.25, 0.3) is 5.91 Å². The number of carbonyl (C=O) groups excluding carboxylic acids is 2. The molecule has 2 amide bonds. The van der Waals surface area contributed by atoms with Crippen LogP contribution in [0.3, 0.4) is 0 Å². The number of anilines is 1. The Bertz CT molecular complexity index is 1440. The van der Waals surface area contributed by atoms with Crippen LogP contribution >= 0.6 is 0 Å². The summed E-state index contributed by atoms with van der Waals surface area (Å²) in [6, 6.07) is 24.2. The predicted octanol–water partition coefficient (Wildman–Crippen LogP) is 5.09. The summed E-state index contributed by atoms with van der Waals surface area (Å²) in [6.07, 6.45) is 1.64. The second-order valence-electron chi connectivity index (χ2n) is 9.96. The van der Waals surface area contributed by atoms with E-state index in [4.69, 9.17) is 9.26 Å². The molecule has 5 rings (SSSR count). The lowest BCUT2D eigenvalue weighted by Crippen LogP contribution is -2.40. The molecule has 3 aromatic carbocycles. The van der Waals surface area contributed by atoms with E-state index in [1.54, 1.807) is 25.3 Å². The number of carbonyl (C=O) groups is 2. The summed E-state index contributed by atoms with van der Waals surface area (Å²) in [4.78, 5) is 33.1. The van der Waals surface area contributed by atoms with Crippen molar-refractivity contribution in [3.63, 3.8) is 0 Å². The first-order chi connectivity index (χ1) is 19.5. The van der Waals surface area contributed by atoms with Crippen LogP contribution in [0.25, 0.3) is 11.4 Å². The Balaban J connectivity index is 1.19. The van der Waals surface area contributed by atoms with Crippen molar-refractivity contribution in [3.05, 3.63) is 95.9 Å². The summed E-state index contributed by atoms with van der Waals surface area (Å²) < 4.78 is 10.7. The minimum atomic E-state index is -0.235. The molecule has 1 fully saturated rings. The van der Waals surface area contributed by atoms with E-state index in [0.29, 0.717) is 36.1 Å². The number of likely N-dealkylation sites (tertiary alicyclic amines) is 1. The average molecular weight is 540 g/mol. The van der Waals surface area contributed by atoms with Crippen LogP contribution in [0.5, 0.6) is 5.75 Å². The van der Waals surface area contributed by atoms with E-state index in [-0.39, 0.29) is 23.8 Å². The second kappa shape index (κ2) is 12.6. The van der Waals surface area contributed by atoms with Crippen molar-refractivity contribution in [1.82, 2.24) is 20.4 Å². The molecule has 40 heavy (non-hydrogen) atoms. The van der Waals surface area contributed by atoms with Crippen molar-refractivity contribution >= 4 is 17.5 Å². The fourth-order valence-electron chi connectivity index (χ4n) is 4.91. The number of hydrogen-bond donors (Lipinski definition) is 2. The van der Waals surface area contributed by atoms with E-state index in [9.17, 15) is 9.59 Å². The van der Waals surface area contributed by atoms with E-state index in [1.807, 2.05) is 67.6 Å². The molecule has 0 spiro atoms. The van der Waals surface area contributed by atoms with Gasteiger partial charge in [-0.1, -0.05) is 47.6 Å². The number of piperidine rings is 1. The third-order valence-corrected chi connectivity index (χ3v) is 7.13. The number of amides is 2. The third kappa shape index (κ3) is 6.55. The van der Waals surface area contributed by atoms with E-state index in [2.05, 4.69) is 25.7 Å². The second-order valence-corrected chi connectivity index (χ2v) is 9.96. The van der Waals surface area contributed by atoms with Gasteiger partial charge in [0.15, 0.2) is 0 Å². The molecule has 206 valence electrons. The first kappa shape index (κ1) is 27.1. The van der Waals surface area contributed by atoms with Crippen LogP contribution in [-0.2, 0) is 11.3 Å². The molecule has 0 saturated carbocycles. The standard InChI is InChI=1S/C31H33N5O4/c1-21(22-9-4-3-5-10-22)32-31(38)26-12-6-7-13-27(26)33-30(37)24-11-8-18-36(19-24)20-28-34-29(35-40-28)23-14-16-25(39-2)17-15-23/h3-7,9-10,12-17,21,24H,8,11,18-20H2,1-2H3,(H,32,38)(H,33,37). The Morgan fingerprint density at radius 2 is 1.80 bits per heavy atom. The van der Waals surface area contributed by atoms with Crippen molar-refractivity contribution in [2.45, 2.75) is 32.4 Å². The van der Waals surface area contributed by atoms with Gasteiger partial charge in [-0.25, -0.2) is 0 Å². The maximum atomic E-state index is 13.3. The van der Waals surface area contributed by atoms with Crippen molar-refractivity contribution in [1.29, 1.82) is 0 Å². The number of benzene rings is 3. The summed E-state index contributed by atoms with van der Waals surface area (Å²) in [6.45, 7) is 3.80. The molecule has 4 aromatic rings. The van der Waals surface area contributed by atoms with Gasteiger partial charge in [0, 0.05) is 12.1 Å². The highest BCUT2D eigenvalue weighted by atomic mass is 16.5. The molecule has 0 radical (unpaired) electrons. The van der Waals surface area contributed by atoms with Crippen molar-refractivity contribution < 1.29 is 18.8 Å². The number of nitrogens with zero attached hydrogens (tertiary/aromatic N) is 3. The molecule has 2 N–H and O–H groups in total. The molecule has 2 unspecified atom stereocenters. The Hall–Kier alpha value is -4.50. The largest absolute Gasteiger partial charge is 0.497 e. The number of aromatic nitrogens is 2. The maximum Gasteiger partial charge on any atom is 0.253 e. The van der Waals surface area contributed by atoms with E-state index >= 15 is 0 Å². The Morgan fingerprint density at radius 1 is 1.05 bits per heavy atom. The average Bonchev–Trinajstić information content (AvgIpc) is 3.46. The van der Waals surface area contributed by atoms with Gasteiger partial charge in [0.05, 0.1) is 36.9 Å². The van der Waals surface area contributed by atoms with Gasteiger partial charge >= 0.3 is 0 Å². The number of ether oxygens (including phenoxy) is 1. The first-order valence-corrected chi connectivity index (χ1v) is 13.4. The van der Waals surface area contributed by atoms with Gasteiger partial charge in [-0.3, -0.25) is 14.5 Å². The highest BCUT2D eigenvalue weighted by Crippen LogP contribution is 2.24. The first-order valence-electron chi connectivity index (χ1n) is 13.4. The molecule has 2 atom stereocenters. The highest BCUT2D eigenvalue weighted by molar-refractivity contribution is 6.04. The Kier molecular flexibility index (Phi) is 8.51. The lowest BCUT2D eigenvalue weighted by atomic mass is 9.96. The van der Waals surface area contributed by atoms with E-state index < -0.39 is 0 Å². The minimum Gasteiger partial charge on any atom is -0.497 e. The molecule has 2 heterocycles. The summed E-state index contributed by atoms with van der Waals surface area (Å²) in [7, 11) is 1.62. The lowest BCUT2D eigenvalue weighted by Gasteiger charge is -2.31. The van der Waals surface area contributed by atoms with E-state index in [1.165, 1.54) is 0 Å². The summed E-state index contributed by atoms with van der Waals surface area (Å²) in [5.41, 5.74) is 2.79. The molecule has 9 nitrogen and oxygen atoms in total. The quantitative estimate of drug-likeness (QED) is 0.305. The lowest BCUT2D eigenvalue weighted by molar-refractivity contribution is -0.121. The fraction of sp³-hybridized carbons (Fsp3) is 0.290. The number of methoxy groups -OCH3 is 1. The molecule has 1 saturated heterocycles. The molecule has 0 bridgehead atoms. The molecule has 9 heteroatoms. The normalized spacial score (nSPS) is 16.2. The molecular formula is C31H33N5O4. The molecule has 1 aliphatic heterocycles. The third-order valence-electron chi connectivity index (χ3n) is 7.13. The summed E-state index contributed by atoms with van der Waals surface area (Å²) in [5, 5.41) is 10.1. The molecule has 1 aromatic heterocycles. The predicted molar refractivity (Wildman–Crippen MR) is 152 cm³/mol. The van der Waals surface area contributed by atoms with Crippen LogP contribution in [-0.4, -0.2) is 47.1 Å². The van der Waals surface area contributed by atoms with Gasteiger partial charge in [0.1, 0.15) is 5.75 Å². The summed E-state index contributed by atoms with van der Waals surface area (Å²) >= 11 is 0. The van der Waals surface area contributed by atoms with Gasteiger partial charge in [-0.05, 0) is 68.3 Å². The molecule has 1 aliphatic rings. The van der Waals surface area contributed by atoms with Crippen molar-refractivity contribution in [2.75, 3.05) is 25.5 Å². The number of hydrogen-bond acceptors (Lipinski definition) is 7. The van der Waals surface area contributed by atoms with Crippen LogP contribution in [0.1, 0.15) is 47.6 Å². The topological polar surface area (TPSA) is 110 Å². The SMILES string of the molecule is COc1ccc(-c2noc(CN3CCCC(C(=O)Nc4ccccc4C(=O)NC(C)c4ccccc4)C3)n2)cc1. The van der Waals surface area contributed by atoms with Crippen LogP contribution in [0.4, 0.5) is 5.69 Å². The van der Waals surface area contributed by atoms with Gasteiger partial charge in [-0.2, -0.15) is 4.98 Å². The van der Waals surface area contributed by atoms with Crippen LogP contribution in [0, 0.1) is 5.92 Å². The van der Waals surface area contributed by atoms with Crippen LogP contribution in [0.2, 0.25) is 0 Å². The van der Waals surface area contributed by atoms with Crippen LogP contribution < -0.4 is 15.4 Å². The van der Waals surface area contributed by atoms with Gasteiger partial charge in [0.2, 0.25) is 17.6 Å². The van der Waals surface area contributed by atoms with Crippen molar-refractivity contribution in [3.8, 4) is 17.1 Å². The number of rotatable bonds is 9.